The van der Waals surface area contributed by atoms with E-state index in [1.165, 1.54) is 5.56 Å². The molecular weight excluding hydrogens is 444 g/mol. The summed E-state index contributed by atoms with van der Waals surface area (Å²) in [5, 5.41) is 0. The van der Waals surface area contributed by atoms with Crippen LogP contribution in [0.4, 0.5) is 0 Å². The van der Waals surface area contributed by atoms with Crippen LogP contribution in [-0.2, 0) is 27.4 Å². The van der Waals surface area contributed by atoms with E-state index in [0.717, 1.165) is 30.2 Å². The molecule has 0 aromatic heterocycles. The summed E-state index contributed by atoms with van der Waals surface area (Å²) in [4.78, 5) is 17.9. The Morgan fingerprint density at radius 3 is 2.51 bits per heavy atom. The first kappa shape index (κ1) is 24.1. The third-order valence-corrected chi connectivity index (χ3v) is 6.84. The average molecular weight is 481 g/mol. The SMILES string of the molecule is CC(C)CN(Cc1ccc2c(c1)OCC1(COC1)CO2)C(=O)C1CN(Cc2ccccc2)CCO1. The predicted octanol–water partition coefficient (Wildman–Crippen LogP) is 3.36. The summed E-state index contributed by atoms with van der Waals surface area (Å²) in [6.07, 6.45) is -0.454. The first-order valence-corrected chi connectivity index (χ1v) is 12.6. The van der Waals surface area contributed by atoms with Crippen molar-refractivity contribution in [2.45, 2.75) is 33.0 Å². The molecule has 0 saturated carbocycles. The molecule has 35 heavy (non-hydrogen) atoms. The van der Waals surface area contributed by atoms with E-state index in [2.05, 4.69) is 43.0 Å². The Labute approximate surface area is 207 Å². The lowest BCUT2D eigenvalue weighted by atomic mass is 9.88. The van der Waals surface area contributed by atoms with Crippen molar-refractivity contribution in [1.82, 2.24) is 9.80 Å². The molecule has 0 bridgehead atoms. The van der Waals surface area contributed by atoms with Gasteiger partial charge >= 0.3 is 0 Å². The molecule has 2 saturated heterocycles. The van der Waals surface area contributed by atoms with Gasteiger partial charge in [0, 0.05) is 32.7 Å². The molecule has 0 aliphatic carbocycles. The predicted molar refractivity (Wildman–Crippen MR) is 132 cm³/mol. The van der Waals surface area contributed by atoms with Crippen molar-refractivity contribution in [2.75, 3.05) is 52.7 Å². The average Bonchev–Trinajstić information content (AvgIpc) is 3.04. The highest BCUT2D eigenvalue weighted by Gasteiger charge is 2.42. The van der Waals surface area contributed by atoms with Gasteiger partial charge in [-0.2, -0.15) is 0 Å². The van der Waals surface area contributed by atoms with Gasteiger partial charge in [-0.15, -0.1) is 0 Å². The second kappa shape index (κ2) is 10.6. The highest BCUT2D eigenvalue weighted by Crippen LogP contribution is 2.38. The van der Waals surface area contributed by atoms with Gasteiger partial charge < -0.3 is 23.8 Å². The van der Waals surface area contributed by atoms with E-state index in [0.29, 0.717) is 58.6 Å². The minimum atomic E-state index is -0.454. The van der Waals surface area contributed by atoms with Crippen molar-refractivity contribution in [1.29, 1.82) is 0 Å². The molecule has 2 fully saturated rings. The van der Waals surface area contributed by atoms with Gasteiger partial charge in [0.05, 0.1) is 25.2 Å². The molecule has 2 aromatic rings. The van der Waals surface area contributed by atoms with E-state index < -0.39 is 6.10 Å². The third kappa shape index (κ3) is 5.80. The van der Waals surface area contributed by atoms with Crippen molar-refractivity contribution < 1.29 is 23.7 Å². The Bertz CT molecular complexity index is 1010. The zero-order chi connectivity index (χ0) is 24.3. The lowest BCUT2D eigenvalue weighted by Gasteiger charge is -2.38. The molecule has 5 rings (SSSR count). The number of nitrogens with zero attached hydrogens (tertiary/aromatic N) is 2. The molecule has 7 heteroatoms. The van der Waals surface area contributed by atoms with E-state index in [1.807, 2.05) is 29.2 Å². The van der Waals surface area contributed by atoms with Gasteiger partial charge in [-0.25, -0.2) is 0 Å². The number of ether oxygens (including phenoxy) is 4. The second-order valence-corrected chi connectivity index (χ2v) is 10.5. The van der Waals surface area contributed by atoms with Gasteiger partial charge in [-0.3, -0.25) is 9.69 Å². The summed E-state index contributed by atoms with van der Waals surface area (Å²) in [6, 6.07) is 16.4. The number of morpholine rings is 1. The van der Waals surface area contributed by atoms with Gasteiger partial charge in [0.15, 0.2) is 11.5 Å². The third-order valence-electron chi connectivity index (χ3n) is 6.84. The number of amides is 1. The van der Waals surface area contributed by atoms with Crippen molar-refractivity contribution in [3.8, 4) is 11.5 Å². The van der Waals surface area contributed by atoms with Gasteiger partial charge in [0.1, 0.15) is 19.3 Å². The minimum Gasteiger partial charge on any atom is -0.489 e. The fraction of sp³-hybridized carbons (Fsp3) is 0.536. The van der Waals surface area contributed by atoms with E-state index in [1.54, 1.807) is 0 Å². The lowest BCUT2D eigenvalue weighted by Crippen LogP contribution is -2.51. The van der Waals surface area contributed by atoms with E-state index >= 15 is 0 Å². The molecule has 0 N–H and O–H groups in total. The van der Waals surface area contributed by atoms with E-state index in [9.17, 15) is 4.79 Å². The number of hydrogen-bond acceptors (Lipinski definition) is 6. The van der Waals surface area contributed by atoms with Crippen molar-refractivity contribution >= 4 is 5.91 Å². The number of carbonyl (C=O) groups excluding carboxylic acids is 1. The molecule has 3 aliphatic rings. The second-order valence-electron chi connectivity index (χ2n) is 10.5. The fourth-order valence-corrected chi connectivity index (χ4v) is 4.88. The molecule has 1 atom stereocenters. The van der Waals surface area contributed by atoms with Crippen LogP contribution in [0.5, 0.6) is 11.5 Å². The maximum absolute atomic E-state index is 13.6. The smallest absolute Gasteiger partial charge is 0.253 e. The van der Waals surface area contributed by atoms with Crippen LogP contribution in [0, 0.1) is 11.3 Å². The van der Waals surface area contributed by atoms with Crippen LogP contribution in [-0.4, -0.2) is 74.5 Å². The molecule has 1 unspecified atom stereocenters. The zero-order valence-electron chi connectivity index (χ0n) is 20.8. The zero-order valence-corrected chi connectivity index (χ0v) is 20.8. The quantitative estimate of drug-likeness (QED) is 0.606. The first-order valence-electron chi connectivity index (χ1n) is 12.6. The number of benzene rings is 2. The highest BCUT2D eigenvalue weighted by atomic mass is 16.6. The largest absolute Gasteiger partial charge is 0.489 e. The standard InChI is InChI=1S/C28H36N2O5/c1-21(2)13-30(27(31)26-16-29(10-11-33-26)14-22-6-4-3-5-7-22)15-23-8-9-24-25(12-23)35-20-28(19-34-24)17-32-18-28/h3-9,12,21,26H,10-11,13-20H2,1-2H3. The summed E-state index contributed by atoms with van der Waals surface area (Å²) < 4.78 is 23.5. The van der Waals surface area contributed by atoms with Crippen LogP contribution < -0.4 is 9.47 Å². The van der Waals surface area contributed by atoms with Crippen molar-refractivity contribution in [3.63, 3.8) is 0 Å². The molecule has 0 radical (unpaired) electrons. The number of carbonyl (C=O) groups is 1. The summed E-state index contributed by atoms with van der Waals surface area (Å²) in [7, 11) is 0. The Morgan fingerprint density at radius 2 is 1.80 bits per heavy atom. The topological polar surface area (TPSA) is 60.5 Å². The fourth-order valence-electron chi connectivity index (χ4n) is 4.88. The first-order chi connectivity index (χ1) is 17.0. The number of rotatable bonds is 7. The van der Waals surface area contributed by atoms with Crippen LogP contribution in [0.2, 0.25) is 0 Å². The van der Waals surface area contributed by atoms with Crippen LogP contribution in [0.25, 0.3) is 0 Å². The normalized spacial score (nSPS) is 21.4. The van der Waals surface area contributed by atoms with Gasteiger partial charge in [0.2, 0.25) is 0 Å². The molecule has 7 nitrogen and oxygen atoms in total. The van der Waals surface area contributed by atoms with Gasteiger partial charge in [0.25, 0.3) is 5.91 Å². The number of hydrogen-bond donors (Lipinski definition) is 0. The van der Waals surface area contributed by atoms with Crippen LogP contribution >= 0.6 is 0 Å². The molecule has 1 amide bonds. The molecular formula is C28H36N2O5. The monoisotopic (exact) mass is 480 g/mol. The van der Waals surface area contributed by atoms with Gasteiger partial charge in [-0.05, 0) is 29.2 Å². The summed E-state index contributed by atoms with van der Waals surface area (Å²) in [5.74, 6) is 1.90. The van der Waals surface area contributed by atoms with Gasteiger partial charge in [-0.1, -0.05) is 50.2 Å². The molecule has 3 aliphatic heterocycles. The molecule has 2 aromatic carbocycles. The summed E-state index contributed by atoms with van der Waals surface area (Å²) in [5.41, 5.74) is 2.24. The summed E-state index contributed by atoms with van der Waals surface area (Å²) >= 11 is 0. The highest BCUT2D eigenvalue weighted by molar-refractivity contribution is 5.81. The van der Waals surface area contributed by atoms with Crippen LogP contribution in [0.15, 0.2) is 48.5 Å². The van der Waals surface area contributed by atoms with Crippen LogP contribution in [0.3, 0.4) is 0 Å². The van der Waals surface area contributed by atoms with Crippen molar-refractivity contribution in [3.05, 3.63) is 59.7 Å². The van der Waals surface area contributed by atoms with E-state index in [-0.39, 0.29) is 11.3 Å². The lowest BCUT2D eigenvalue weighted by molar-refractivity contribution is -0.151. The molecule has 3 heterocycles. The Balaban J connectivity index is 1.25. The van der Waals surface area contributed by atoms with Crippen molar-refractivity contribution in [2.24, 2.45) is 11.3 Å². The molecule has 1 spiro atoms. The van der Waals surface area contributed by atoms with Crippen LogP contribution in [0.1, 0.15) is 25.0 Å². The Kier molecular flexibility index (Phi) is 7.27. The van der Waals surface area contributed by atoms with E-state index in [4.69, 9.17) is 18.9 Å². The number of fused-ring (bicyclic) bond motifs is 1. The maximum Gasteiger partial charge on any atom is 0.253 e. The Morgan fingerprint density at radius 1 is 1.03 bits per heavy atom. The maximum atomic E-state index is 13.6. The minimum absolute atomic E-state index is 0.0389. The Hall–Kier alpha value is -2.61. The summed E-state index contributed by atoms with van der Waals surface area (Å²) in [6.45, 7) is 10.8. The molecule has 188 valence electrons.